The third-order valence-corrected chi connectivity index (χ3v) is 8.48. The van der Waals surface area contributed by atoms with Crippen LogP contribution in [0, 0.1) is 11.8 Å². The molecule has 1 aliphatic rings. The molecule has 1 aromatic carbocycles. The summed E-state index contributed by atoms with van der Waals surface area (Å²) in [5, 5.41) is 22.2. The van der Waals surface area contributed by atoms with Gasteiger partial charge in [0.25, 0.3) is 5.91 Å². The number of unbranched alkanes of at least 4 members (excludes halogenated alkanes) is 2. The first-order valence-corrected chi connectivity index (χ1v) is 17.8. The number of carboxylic acid groups (broad SMARTS) is 1. The molecule has 4 atom stereocenters. The molecular formula is C36H55N5O9. The Labute approximate surface area is 294 Å². The van der Waals surface area contributed by atoms with Crippen molar-refractivity contribution < 1.29 is 43.4 Å². The lowest BCUT2D eigenvalue weighted by Gasteiger charge is -2.31. The number of hydrogen-bond acceptors (Lipinski definition) is 8. The normalized spacial score (nSPS) is 15.5. The van der Waals surface area contributed by atoms with Crippen LogP contribution in [-0.2, 0) is 33.5 Å². The summed E-state index contributed by atoms with van der Waals surface area (Å²) in [7, 11) is 0. The van der Waals surface area contributed by atoms with E-state index >= 15 is 0 Å². The molecule has 0 aliphatic heterocycles. The van der Waals surface area contributed by atoms with Crippen LogP contribution in [0.2, 0.25) is 0 Å². The maximum atomic E-state index is 13.7. The lowest BCUT2D eigenvalue weighted by molar-refractivity contribution is -0.142. The third kappa shape index (κ3) is 14.6. The molecule has 50 heavy (non-hydrogen) atoms. The van der Waals surface area contributed by atoms with Gasteiger partial charge in [-0.2, -0.15) is 0 Å². The maximum absolute atomic E-state index is 13.7. The lowest BCUT2D eigenvalue weighted by atomic mass is 9.83. The van der Waals surface area contributed by atoms with Gasteiger partial charge in [-0.1, -0.05) is 103 Å². The Morgan fingerprint density at radius 2 is 1.46 bits per heavy atom. The molecule has 0 heterocycles. The standard InChI is InChI=1S/C36H55N5O9/c1-5-7-10-20-27(39-33(45)29(24-16-11-8-12-17-24)41-36(49)50-22-23(3)4)32(44)38-26(15-6-2)31(43)34(46)37-21-28(42)40-30(35(47)48)25-18-13-9-14-19-25/h9,13-14,18-19,23-24,26-27,29-30H,5-8,10-12,15-17,20-22H2,1-4H3,(H,37,46)(H,38,44)(H,39,45)(H,40,42)(H,41,49)(H,47,48)/t26?,27-,29-,30-/m0/s1. The second kappa shape index (κ2) is 22.3. The van der Waals surface area contributed by atoms with Crippen molar-refractivity contribution in [2.45, 2.75) is 122 Å². The first-order chi connectivity index (χ1) is 23.9. The van der Waals surface area contributed by atoms with E-state index < -0.39 is 72.2 Å². The zero-order valence-corrected chi connectivity index (χ0v) is 29.8. The molecular weight excluding hydrogens is 646 g/mol. The second-order valence-electron chi connectivity index (χ2n) is 13.2. The van der Waals surface area contributed by atoms with Crippen LogP contribution >= 0.6 is 0 Å². The van der Waals surface area contributed by atoms with Gasteiger partial charge >= 0.3 is 12.1 Å². The van der Waals surface area contributed by atoms with E-state index in [-0.39, 0.29) is 31.3 Å². The summed E-state index contributed by atoms with van der Waals surface area (Å²) in [6.07, 6.45) is 6.70. The summed E-state index contributed by atoms with van der Waals surface area (Å²) < 4.78 is 5.28. The molecule has 1 aliphatic carbocycles. The molecule has 1 saturated carbocycles. The fourth-order valence-corrected chi connectivity index (χ4v) is 5.79. The van der Waals surface area contributed by atoms with Crippen molar-refractivity contribution in [2.24, 2.45) is 11.8 Å². The summed E-state index contributed by atoms with van der Waals surface area (Å²) in [6, 6.07) is 3.45. The Hall–Kier alpha value is -4.49. The number of carbonyl (C=O) groups is 7. The smallest absolute Gasteiger partial charge is 0.407 e. The number of Topliss-reactive ketones (excluding diaryl/α,β-unsaturated/α-hetero) is 1. The van der Waals surface area contributed by atoms with E-state index in [1.165, 1.54) is 12.1 Å². The highest BCUT2D eigenvalue weighted by atomic mass is 16.5. The topological polar surface area (TPSA) is 209 Å². The monoisotopic (exact) mass is 701 g/mol. The molecule has 0 spiro atoms. The summed E-state index contributed by atoms with van der Waals surface area (Å²) in [4.78, 5) is 90.2. The first-order valence-electron chi connectivity index (χ1n) is 17.8. The Balaban J connectivity index is 2.12. The fraction of sp³-hybridized carbons (Fsp3) is 0.639. The third-order valence-electron chi connectivity index (χ3n) is 8.48. The number of rotatable bonds is 21. The van der Waals surface area contributed by atoms with Crippen LogP contribution in [0.25, 0.3) is 0 Å². The summed E-state index contributed by atoms with van der Waals surface area (Å²) in [5.74, 6) is -5.44. The zero-order valence-electron chi connectivity index (χ0n) is 29.8. The lowest BCUT2D eigenvalue weighted by Crippen LogP contribution is -2.58. The molecule has 14 nitrogen and oxygen atoms in total. The first kappa shape index (κ1) is 41.7. The van der Waals surface area contributed by atoms with Crippen LogP contribution in [0.3, 0.4) is 0 Å². The van der Waals surface area contributed by atoms with Crippen LogP contribution in [0.1, 0.15) is 110 Å². The van der Waals surface area contributed by atoms with Gasteiger partial charge in [0, 0.05) is 0 Å². The average Bonchev–Trinajstić information content (AvgIpc) is 3.10. The zero-order chi connectivity index (χ0) is 37.1. The van der Waals surface area contributed by atoms with Gasteiger partial charge in [0.05, 0.1) is 19.2 Å². The Kier molecular flexibility index (Phi) is 18.6. The molecule has 0 saturated heterocycles. The molecule has 1 fully saturated rings. The summed E-state index contributed by atoms with van der Waals surface area (Å²) in [5.41, 5.74) is 0.328. The van der Waals surface area contributed by atoms with E-state index in [0.29, 0.717) is 18.4 Å². The van der Waals surface area contributed by atoms with Crippen LogP contribution in [0.5, 0.6) is 0 Å². The quantitative estimate of drug-likeness (QED) is 0.0820. The van der Waals surface area contributed by atoms with Crippen molar-refractivity contribution in [3.8, 4) is 0 Å². The molecule has 1 unspecified atom stereocenters. The predicted molar refractivity (Wildman–Crippen MR) is 186 cm³/mol. The molecule has 0 aromatic heterocycles. The van der Waals surface area contributed by atoms with Gasteiger partial charge in [-0.25, -0.2) is 9.59 Å². The van der Waals surface area contributed by atoms with Gasteiger partial charge in [-0.05, 0) is 43.1 Å². The number of carboxylic acids is 1. The molecule has 5 amide bonds. The Bertz CT molecular complexity index is 1280. The number of hydrogen-bond donors (Lipinski definition) is 6. The van der Waals surface area contributed by atoms with E-state index in [2.05, 4.69) is 26.6 Å². The molecule has 6 N–H and O–H groups in total. The number of alkyl carbamates (subject to hydrolysis) is 1. The maximum Gasteiger partial charge on any atom is 0.407 e. The Morgan fingerprint density at radius 3 is 2.06 bits per heavy atom. The van der Waals surface area contributed by atoms with Gasteiger partial charge in [0.15, 0.2) is 6.04 Å². The van der Waals surface area contributed by atoms with Crippen molar-refractivity contribution in [3.05, 3.63) is 35.9 Å². The van der Waals surface area contributed by atoms with Crippen molar-refractivity contribution in [1.29, 1.82) is 0 Å². The number of amides is 5. The van der Waals surface area contributed by atoms with Crippen molar-refractivity contribution in [2.75, 3.05) is 13.2 Å². The average molecular weight is 702 g/mol. The number of carbonyl (C=O) groups excluding carboxylic acids is 6. The molecule has 0 bridgehead atoms. The number of benzene rings is 1. The molecule has 14 heteroatoms. The number of ketones is 1. The summed E-state index contributed by atoms with van der Waals surface area (Å²) >= 11 is 0. The van der Waals surface area contributed by atoms with Gasteiger partial charge in [0.2, 0.25) is 23.5 Å². The fourth-order valence-electron chi connectivity index (χ4n) is 5.79. The van der Waals surface area contributed by atoms with Gasteiger partial charge in [-0.15, -0.1) is 0 Å². The van der Waals surface area contributed by atoms with Gasteiger partial charge in [-0.3, -0.25) is 24.0 Å². The number of aliphatic carboxylic acids is 1. The van der Waals surface area contributed by atoms with E-state index in [0.717, 1.165) is 44.9 Å². The van der Waals surface area contributed by atoms with E-state index in [9.17, 15) is 38.7 Å². The highest BCUT2D eigenvalue weighted by molar-refractivity contribution is 6.38. The minimum atomic E-state index is -1.36. The predicted octanol–water partition coefficient (Wildman–Crippen LogP) is 3.29. The Morgan fingerprint density at radius 1 is 0.800 bits per heavy atom. The van der Waals surface area contributed by atoms with E-state index in [1.807, 2.05) is 20.8 Å². The minimum absolute atomic E-state index is 0.108. The van der Waals surface area contributed by atoms with Crippen LogP contribution in [-0.4, -0.2) is 77.9 Å². The van der Waals surface area contributed by atoms with Crippen LogP contribution in [0.15, 0.2) is 30.3 Å². The highest BCUT2D eigenvalue weighted by Gasteiger charge is 2.35. The minimum Gasteiger partial charge on any atom is -0.479 e. The van der Waals surface area contributed by atoms with Crippen LogP contribution < -0.4 is 26.6 Å². The van der Waals surface area contributed by atoms with Crippen molar-refractivity contribution >= 4 is 41.5 Å². The number of nitrogens with one attached hydrogen (secondary N) is 5. The number of ether oxygens (including phenoxy) is 1. The van der Waals surface area contributed by atoms with Crippen LogP contribution in [0.4, 0.5) is 4.79 Å². The molecule has 2 rings (SSSR count). The van der Waals surface area contributed by atoms with Gasteiger partial charge < -0.3 is 36.4 Å². The van der Waals surface area contributed by atoms with Crippen molar-refractivity contribution in [3.63, 3.8) is 0 Å². The van der Waals surface area contributed by atoms with E-state index in [1.54, 1.807) is 25.1 Å². The SMILES string of the molecule is CCCCC[C@H](NC(=O)[C@@H](NC(=O)OCC(C)C)C1CCCCC1)C(=O)NC(CCC)C(=O)C(=O)NCC(=O)N[C@H](C(=O)O)c1ccccc1. The summed E-state index contributed by atoms with van der Waals surface area (Å²) in [6.45, 7) is 7.09. The molecule has 1 aromatic rings. The van der Waals surface area contributed by atoms with Gasteiger partial charge in [0.1, 0.15) is 12.1 Å². The molecule has 0 radical (unpaired) electrons. The van der Waals surface area contributed by atoms with Crippen molar-refractivity contribution in [1.82, 2.24) is 26.6 Å². The molecule has 278 valence electrons. The largest absolute Gasteiger partial charge is 0.479 e. The second-order valence-corrected chi connectivity index (χ2v) is 13.2. The van der Waals surface area contributed by atoms with E-state index in [4.69, 9.17) is 4.74 Å². The highest BCUT2D eigenvalue weighted by Crippen LogP contribution is 2.27.